The number of nitrogens with one attached hydrogen (secondary N) is 1. The molecule has 0 spiro atoms. The van der Waals surface area contributed by atoms with E-state index in [0.717, 1.165) is 28.8 Å². The molecule has 0 saturated carbocycles. The zero-order valence-electron chi connectivity index (χ0n) is 15.1. The second-order valence-corrected chi connectivity index (χ2v) is 7.28. The van der Waals surface area contributed by atoms with E-state index in [4.69, 9.17) is 10.2 Å². The molecule has 7 heteroatoms. The largest absolute Gasteiger partial charge is 0.396 e. The molecule has 0 fully saturated rings. The average Bonchev–Trinajstić information content (AvgIpc) is 2.98. The summed E-state index contributed by atoms with van der Waals surface area (Å²) >= 11 is 1.77. The van der Waals surface area contributed by atoms with E-state index >= 15 is 0 Å². The van der Waals surface area contributed by atoms with Gasteiger partial charge in [-0.05, 0) is 42.5 Å². The van der Waals surface area contributed by atoms with Crippen LogP contribution in [0.15, 0.2) is 35.8 Å². The number of nitrogens with zero attached hydrogens (tertiary/aromatic N) is 2. The van der Waals surface area contributed by atoms with Gasteiger partial charge in [-0.1, -0.05) is 19.1 Å². The molecule has 3 N–H and O–H groups in total. The fraction of sp³-hybridized carbons (Fsp3) is 0.368. The molecule has 0 aliphatic carbocycles. The normalized spacial score (nSPS) is 13.1. The highest BCUT2D eigenvalue weighted by Gasteiger charge is 2.13. The molecule has 1 aromatic carbocycles. The fourth-order valence-electron chi connectivity index (χ4n) is 2.66. The fourth-order valence-corrected chi connectivity index (χ4v) is 3.33. The predicted octanol–water partition coefficient (Wildman–Crippen LogP) is 3.14. The summed E-state index contributed by atoms with van der Waals surface area (Å²) < 4.78 is 2.16. The van der Waals surface area contributed by atoms with Gasteiger partial charge in [0.15, 0.2) is 0 Å². The summed E-state index contributed by atoms with van der Waals surface area (Å²) in [5.74, 6) is 0.418. The first kappa shape index (κ1) is 20.2. The minimum Gasteiger partial charge on any atom is -0.396 e. The smallest absolute Gasteiger partial charge is 0.267 e. The summed E-state index contributed by atoms with van der Waals surface area (Å²) in [5.41, 5.74) is 4.27. The van der Waals surface area contributed by atoms with Crippen molar-refractivity contribution in [2.24, 2.45) is 0 Å². The van der Waals surface area contributed by atoms with E-state index in [1.165, 1.54) is 6.08 Å². The Kier molecular flexibility index (Phi) is 7.90. The highest BCUT2D eigenvalue weighted by atomic mass is 32.2. The van der Waals surface area contributed by atoms with E-state index in [2.05, 4.69) is 16.9 Å². The Bertz CT molecular complexity index is 799. The number of allylic oxidation sites excluding steroid dienone is 1. The lowest BCUT2D eigenvalue weighted by Gasteiger charge is -2.11. The molecule has 1 heterocycles. The molecule has 1 aromatic heterocycles. The molecule has 1 atom stereocenters. The molecule has 2 aromatic rings. The third-order valence-electron chi connectivity index (χ3n) is 3.85. The van der Waals surface area contributed by atoms with Gasteiger partial charge in [-0.15, -0.1) is 11.8 Å². The van der Waals surface area contributed by atoms with Crippen LogP contribution in [0.3, 0.4) is 0 Å². The molecule has 0 bridgehead atoms. The number of aryl methyl sites for hydroxylation is 1. The number of aromatic nitrogens is 2. The van der Waals surface area contributed by atoms with E-state index in [0.29, 0.717) is 18.2 Å². The van der Waals surface area contributed by atoms with Crippen molar-refractivity contribution >= 4 is 34.8 Å². The molecule has 0 aliphatic heterocycles. The zero-order chi connectivity index (χ0) is 18.9. The molecule has 2 rings (SSSR count). The van der Waals surface area contributed by atoms with Gasteiger partial charge in [-0.25, -0.2) is 10.5 Å². The van der Waals surface area contributed by atoms with Crippen molar-refractivity contribution in [2.75, 3.05) is 6.61 Å². The van der Waals surface area contributed by atoms with Crippen LogP contribution in [0.5, 0.6) is 0 Å². The van der Waals surface area contributed by atoms with Gasteiger partial charge in [0.1, 0.15) is 5.82 Å². The Balaban J connectivity index is 2.33. The highest BCUT2D eigenvalue weighted by Crippen LogP contribution is 2.23. The number of hydroxylamine groups is 1. The number of thioether (sulfide) groups is 1. The van der Waals surface area contributed by atoms with Gasteiger partial charge < -0.3 is 9.67 Å². The maximum absolute atomic E-state index is 11.1. The Morgan fingerprint density at radius 2 is 2.27 bits per heavy atom. The van der Waals surface area contributed by atoms with Crippen LogP contribution in [0.25, 0.3) is 17.1 Å². The summed E-state index contributed by atoms with van der Waals surface area (Å²) in [6, 6.07) is 5.80. The van der Waals surface area contributed by atoms with E-state index < -0.39 is 5.91 Å². The monoisotopic (exact) mass is 375 g/mol. The van der Waals surface area contributed by atoms with Crippen molar-refractivity contribution in [1.29, 1.82) is 0 Å². The molecular formula is C19H25N3O3S. The quantitative estimate of drug-likeness (QED) is 0.356. The topological polar surface area (TPSA) is 87.4 Å². The summed E-state index contributed by atoms with van der Waals surface area (Å²) in [6.45, 7) is 5.02. The first-order valence-corrected chi connectivity index (χ1v) is 9.52. The van der Waals surface area contributed by atoms with Crippen molar-refractivity contribution in [3.63, 3.8) is 0 Å². The second kappa shape index (κ2) is 10.2. The Morgan fingerprint density at radius 1 is 1.46 bits per heavy atom. The molecule has 1 amide bonds. The molecule has 0 saturated heterocycles. The maximum Gasteiger partial charge on any atom is 0.267 e. The van der Waals surface area contributed by atoms with Crippen molar-refractivity contribution in [2.45, 2.75) is 38.5 Å². The summed E-state index contributed by atoms with van der Waals surface area (Å²) in [7, 11) is 0. The predicted molar refractivity (Wildman–Crippen MR) is 106 cm³/mol. The number of carbonyl (C=O) groups excluding carboxylic acids is 1. The first-order chi connectivity index (χ1) is 12.6. The minimum absolute atomic E-state index is 0.138. The van der Waals surface area contributed by atoms with Gasteiger partial charge in [0, 0.05) is 30.9 Å². The van der Waals surface area contributed by atoms with Crippen LogP contribution in [0, 0.1) is 0 Å². The van der Waals surface area contributed by atoms with Crippen molar-refractivity contribution < 1.29 is 15.1 Å². The van der Waals surface area contributed by atoms with Crippen LogP contribution in [0.4, 0.5) is 0 Å². The van der Waals surface area contributed by atoms with Crippen molar-refractivity contribution in [1.82, 2.24) is 15.0 Å². The molecule has 0 unspecified atom stereocenters. The van der Waals surface area contributed by atoms with E-state index in [1.807, 2.05) is 31.2 Å². The number of fused-ring (bicyclic) bond motifs is 1. The van der Waals surface area contributed by atoms with Crippen LogP contribution in [-0.2, 0) is 17.8 Å². The number of amides is 1. The van der Waals surface area contributed by atoms with Gasteiger partial charge in [0.2, 0.25) is 0 Å². The molecule has 6 nitrogen and oxygen atoms in total. The lowest BCUT2D eigenvalue weighted by Crippen LogP contribution is -2.14. The van der Waals surface area contributed by atoms with Gasteiger partial charge in [0.25, 0.3) is 5.91 Å². The first-order valence-electron chi connectivity index (χ1n) is 8.57. The number of hydrogen-bond donors (Lipinski definition) is 3. The molecular weight excluding hydrogens is 350 g/mol. The van der Waals surface area contributed by atoms with Crippen LogP contribution in [0.2, 0.25) is 0 Å². The lowest BCUT2D eigenvalue weighted by atomic mass is 10.2. The summed E-state index contributed by atoms with van der Waals surface area (Å²) in [5, 5.41) is 20.2. The third-order valence-corrected chi connectivity index (χ3v) is 4.91. The Hall–Kier alpha value is -2.09. The molecule has 0 radical (unpaired) electrons. The van der Waals surface area contributed by atoms with E-state index in [1.54, 1.807) is 23.3 Å². The van der Waals surface area contributed by atoms with Crippen LogP contribution in [0.1, 0.15) is 31.7 Å². The standard InChI is InChI=1S/C19H25N3O3S/c1-3-11-26-14(2)12-18-20-16-13-15(6-8-19(24)21-25)5-7-17(16)22(18)9-4-10-23/h3,5-8,11,13-14,23,25H,4,9-10,12H2,1-2H3,(H,21,24)/b8-6+,11-3-/t14-/m1/s1. The molecule has 26 heavy (non-hydrogen) atoms. The van der Waals surface area contributed by atoms with Gasteiger partial charge >= 0.3 is 0 Å². The highest BCUT2D eigenvalue weighted by molar-refractivity contribution is 8.02. The average molecular weight is 375 g/mol. The number of rotatable bonds is 9. The van der Waals surface area contributed by atoms with Gasteiger partial charge in [0.05, 0.1) is 11.0 Å². The molecule has 0 aliphatic rings. The Labute approximate surface area is 157 Å². The second-order valence-electron chi connectivity index (χ2n) is 5.93. The third kappa shape index (κ3) is 5.45. The van der Waals surface area contributed by atoms with Crippen LogP contribution < -0.4 is 5.48 Å². The van der Waals surface area contributed by atoms with E-state index in [-0.39, 0.29) is 6.61 Å². The summed E-state index contributed by atoms with van der Waals surface area (Å²) in [4.78, 5) is 15.9. The zero-order valence-corrected chi connectivity index (χ0v) is 15.9. The Morgan fingerprint density at radius 3 is 2.96 bits per heavy atom. The number of hydrogen-bond acceptors (Lipinski definition) is 5. The lowest BCUT2D eigenvalue weighted by molar-refractivity contribution is -0.124. The van der Waals surface area contributed by atoms with Crippen molar-refractivity contribution in [3.8, 4) is 0 Å². The molecule has 140 valence electrons. The maximum atomic E-state index is 11.1. The van der Waals surface area contributed by atoms with Gasteiger partial charge in [-0.2, -0.15) is 0 Å². The van der Waals surface area contributed by atoms with Crippen LogP contribution >= 0.6 is 11.8 Å². The number of carbonyl (C=O) groups is 1. The minimum atomic E-state index is -0.575. The summed E-state index contributed by atoms with van der Waals surface area (Å²) in [6.07, 6.45) is 6.42. The number of aliphatic hydroxyl groups is 1. The van der Waals surface area contributed by atoms with Gasteiger partial charge in [-0.3, -0.25) is 10.0 Å². The number of benzene rings is 1. The SMILES string of the molecule is C/C=C\S[C@H](C)Cc1nc2cc(/C=C/C(=O)NO)ccc2n1CCCO. The van der Waals surface area contributed by atoms with Crippen molar-refractivity contribution in [3.05, 3.63) is 47.1 Å². The number of imidazole rings is 1. The van der Waals surface area contributed by atoms with Crippen LogP contribution in [-0.4, -0.2) is 37.6 Å². The number of aliphatic hydroxyl groups excluding tert-OH is 1. The van der Waals surface area contributed by atoms with E-state index in [9.17, 15) is 9.90 Å².